The molecule has 1 fully saturated rings. The van der Waals surface area contributed by atoms with Gasteiger partial charge in [0.05, 0.1) is 0 Å². The summed E-state index contributed by atoms with van der Waals surface area (Å²) in [5, 5.41) is 7.12. The zero-order valence-electron chi connectivity index (χ0n) is 12.2. The fourth-order valence-corrected chi connectivity index (χ4v) is 3.10. The van der Waals surface area contributed by atoms with Crippen LogP contribution in [-0.2, 0) is 11.3 Å². The molecule has 0 radical (unpaired) electrons. The molecule has 1 amide bonds. The summed E-state index contributed by atoms with van der Waals surface area (Å²) in [6.45, 7) is 7.14. The molecule has 0 aliphatic carbocycles. The molecule has 0 bridgehead atoms. The summed E-state index contributed by atoms with van der Waals surface area (Å²) in [5.41, 5.74) is 1.56. The molecular formula is C14H20Cl2N4O. The Kier molecular flexibility index (Phi) is 5.81. The summed E-state index contributed by atoms with van der Waals surface area (Å²) in [5.74, 6) is 0.0250. The lowest BCUT2D eigenvalue weighted by atomic mass is 10.1. The van der Waals surface area contributed by atoms with Crippen molar-refractivity contribution in [2.24, 2.45) is 0 Å². The van der Waals surface area contributed by atoms with Crippen LogP contribution in [0.2, 0.25) is 10.2 Å². The summed E-state index contributed by atoms with van der Waals surface area (Å²) in [4.78, 5) is 18.5. The van der Waals surface area contributed by atoms with Crippen LogP contribution in [0.4, 0.5) is 0 Å². The Bertz CT molecular complexity index is 501. The van der Waals surface area contributed by atoms with Gasteiger partial charge in [-0.2, -0.15) is 0 Å². The summed E-state index contributed by atoms with van der Waals surface area (Å²) < 4.78 is 0. The van der Waals surface area contributed by atoms with E-state index < -0.39 is 0 Å². The van der Waals surface area contributed by atoms with Crippen molar-refractivity contribution in [3.8, 4) is 0 Å². The van der Waals surface area contributed by atoms with Crippen molar-refractivity contribution < 1.29 is 4.79 Å². The standard InChI is InChI=1S/C14H20Cl2N4O/c1-3-18-14(21)12-7-17-4-5-20(12)8-10-11(15)6-9(2)19-13(10)16/h6,12,17H,3-5,7-8H2,1-2H3,(H,18,21). The van der Waals surface area contributed by atoms with Gasteiger partial charge in [-0.3, -0.25) is 9.69 Å². The van der Waals surface area contributed by atoms with E-state index in [1.54, 1.807) is 6.07 Å². The summed E-state index contributed by atoms with van der Waals surface area (Å²) in [6, 6.07) is 1.58. The maximum atomic E-state index is 12.1. The first-order valence-electron chi connectivity index (χ1n) is 7.07. The first-order valence-corrected chi connectivity index (χ1v) is 7.82. The number of nitrogens with zero attached hydrogens (tertiary/aromatic N) is 2. The van der Waals surface area contributed by atoms with Gasteiger partial charge in [0.25, 0.3) is 0 Å². The van der Waals surface area contributed by atoms with E-state index in [0.29, 0.717) is 29.8 Å². The molecule has 1 aliphatic heterocycles. The molecule has 5 nitrogen and oxygen atoms in total. The van der Waals surface area contributed by atoms with Crippen LogP contribution in [0.3, 0.4) is 0 Å². The van der Waals surface area contributed by atoms with E-state index in [-0.39, 0.29) is 11.9 Å². The van der Waals surface area contributed by atoms with E-state index in [0.717, 1.165) is 24.3 Å². The van der Waals surface area contributed by atoms with Crippen molar-refractivity contribution >= 4 is 29.1 Å². The van der Waals surface area contributed by atoms with Crippen molar-refractivity contribution in [3.63, 3.8) is 0 Å². The highest BCUT2D eigenvalue weighted by Gasteiger charge is 2.29. The van der Waals surface area contributed by atoms with Crippen LogP contribution in [0.25, 0.3) is 0 Å². The van der Waals surface area contributed by atoms with Crippen molar-refractivity contribution in [1.29, 1.82) is 0 Å². The number of aryl methyl sites for hydroxylation is 1. The van der Waals surface area contributed by atoms with E-state index in [2.05, 4.69) is 20.5 Å². The Morgan fingerprint density at radius 2 is 2.33 bits per heavy atom. The summed E-state index contributed by atoms with van der Waals surface area (Å²) in [7, 11) is 0. The minimum atomic E-state index is -0.216. The van der Waals surface area contributed by atoms with Crippen LogP contribution < -0.4 is 10.6 Å². The molecule has 1 aliphatic rings. The monoisotopic (exact) mass is 330 g/mol. The summed E-state index contributed by atoms with van der Waals surface area (Å²) in [6.07, 6.45) is 0. The molecule has 21 heavy (non-hydrogen) atoms. The highest BCUT2D eigenvalue weighted by Crippen LogP contribution is 2.26. The van der Waals surface area contributed by atoms with Crippen LogP contribution >= 0.6 is 23.2 Å². The zero-order chi connectivity index (χ0) is 15.4. The Hall–Kier alpha value is -0.880. The first-order chi connectivity index (χ1) is 10.0. The zero-order valence-corrected chi connectivity index (χ0v) is 13.8. The van der Waals surface area contributed by atoms with Gasteiger partial charge in [-0.1, -0.05) is 23.2 Å². The van der Waals surface area contributed by atoms with Gasteiger partial charge in [-0.25, -0.2) is 4.98 Å². The second-order valence-corrected chi connectivity index (χ2v) is 5.87. The minimum absolute atomic E-state index is 0.0250. The van der Waals surface area contributed by atoms with Crippen LogP contribution in [0.5, 0.6) is 0 Å². The molecule has 0 aromatic carbocycles. The number of pyridine rings is 1. The van der Waals surface area contributed by atoms with E-state index >= 15 is 0 Å². The number of nitrogens with one attached hydrogen (secondary N) is 2. The van der Waals surface area contributed by atoms with Gasteiger partial charge < -0.3 is 10.6 Å². The number of halogens is 2. The van der Waals surface area contributed by atoms with E-state index in [9.17, 15) is 4.79 Å². The Morgan fingerprint density at radius 1 is 1.57 bits per heavy atom. The highest BCUT2D eigenvalue weighted by molar-refractivity contribution is 6.35. The van der Waals surface area contributed by atoms with Crippen LogP contribution in [0.1, 0.15) is 18.2 Å². The Labute approximate surface area is 135 Å². The number of aromatic nitrogens is 1. The predicted octanol–water partition coefficient (Wildman–Crippen LogP) is 1.61. The van der Waals surface area contributed by atoms with Crippen LogP contribution in [0, 0.1) is 6.92 Å². The average molecular weight is 331 g/mol. The summed E-state index contributed by atoms with van der Waals surface area (Å²) >= 11 is 12.5. The maximum absolute atomic E-state index is 12.1. The third-order valence-corrected chi connectivity index (χ3v) is 4.17. The van der Waals surface area contributed by atoms with Gasteiger partial charge in [0.15, 0.2) is 0 Å². The molecular weight excluding hydrogens is 311 g/mol. The van der Waals surface area contributed by atoms with E-state index in [1.165, 1.54) is 0 Å². The van der Waals surface area contributed by atoms with Crippen molar-refractivity contribution in [1.82, 2.24) is 20.5 Å². The Balaban J connectivity index is 2.18. The molecule has 2 rings (SSSR count). The maximum Gasteiger partial charge on any atom is 0.238 e. The number of hydrogen-bond acceptors (Lipinski definition) is 4. The molecule has 0 saturated carbocycles. The van der Waals surface area contributed by atoms with E-state index in [4.69, 9.17) is 23.2 Å². The lowest BCUT2D eigenvalue weighted by molar-refractivity contribution is -0.127. The molecule has 2 heterocycles. The minimum Gasteiger partial charge on any atom is -0.355 e. The SMILES string of the molecule is CCNC(=O)C1CNCCN1Cc1c(Cl)cc(C)nc1Cl. The van der Waals surface area contributed by atoms with Gasteiger partial charge in [0, 0.05) is 49.0 Å². The quantitative estimate of drug-likeness (QED) is 0.823. The second kappa shape index (κ2) is 7.40. The number of likely N-dealkylation sites (N-methyl/N-ethyl adjacent to an activating group) is 1. The van der Waals surface area contributed by atoms with Crippen molar-refractivity contribution in [3.05, 3.63) is 27.5 Å². The van der Waals surface area contributed by atoms with E-state index in [1.807, 2.05) is 13.8 Å². The van der Waals surface area contributed by atoms with Crippen LogP contribution in [0.15, 0.2) is 6.07 Å². The molecule has 116 valence electrons. The number of piperazine rings is 1. The second-order valence-electron chi connectivity index (χ2n) is 5.10. The molecule has 1 aromatic rings. The Morgan fingerprint density at radius 3 is 3.00 bits per heavy atom. The molecule has 1 atom stereocenters. The van der Waals surface area contributed by atoms with Gasteiger partial charge in [0.1, 0.15) is 11.2 Å². The molecule has 2 N–H and O–H groups in total. The highest BCUT2D eigenvalue weighted by atomic mass is 35.5. The first kappa shape index (κ1) is 16.5. The molecule has 1 saturated heterocycles. The van der Waals surface area contributed by atoms with Crippen molar-refractivity contribution in [2.75, 3.05) is 26.2 Å². The van der Waals surface area contributed by atoms with Crippen LogP contribution in [-0.4, -0.2) is 48.0 Å². The fourth-order valence-electron chi connectivity index (χ4n) is 2.45. The van der Waals surface area contributed by atoms with Crippen molar-refractivity contribution in [2.45, 2.75) is 26.4 Å². The molecule has 1 aromatic heterocycles. The topological polar surface area (TPSA) is 57.3 Å². The smallest absolute Gasteiger partial charge is 0.238 e. The molecule has 1 unspecified atom stereocenters. The van der Waals surface area contributed by atoms with Gasteiger partial charge in [0.2, 0.25) is 5.91 Å². The predicted molar refractivity (Wildman–Crippen MR) is 84.7 cm³/mol. The number of carbonyl (C=O) groups is 1. The molecule has 0 spiro atoms. The number of carbonyl (C=O) groups excluding carboxylic acids is 1. The third-order valence-electron chi connectivity index (χ3n) is 3.52. The fraction of sp³-hybridized carbons (Fsp3) is 0.571. The average Bonchev–Trinajstić information content (AvgIpc) is 2.43. The number of hydrogen-bond donors (Lipinski definition) is 2. The van der Waals surface area contributed by atoms with Gasteiger partial charge in [-0.05, 0) is 19.9 Å². The third kappa shape index (κ3) is 4.07. The van der Waals surface area contributed by atoms with Gasteiger partial charge >= 0.3 is 0 Å². The number of rotatable bonds is 4. The largest absolute Gasteiger partial charge is 0.355 e. The van der Waals surface area contributed by atoms with Gasteiger partial charge in [-0.15, -0.1) is 0 Å². The normalized spacial score (nSPS) is 19.5. The lowest BCUT2D eigenvalue weighted by Crippen LogP contribution is -2.57. The molecule has 7 heteroatoms. The lowest BCUT2D eigenvalue weighted by Gasteiger charge is -2.35. The number of amides is 1.